The summed E-state index contributed by atoms with van der Waals surface area (Å²) < 4.78 is 30.2. The number of ether oxygens (including phenoxy) is 1. The Labute approximate surface area is 216 Å². The molecule has 4 rings (SSSR count). The highest BCUT2D eigenvalue weighted by atomic mass is 35.5. The fourth-order valence-electron chi connectivity index (χ4n) is 3.46. The van der Waals surface area contributed by atoms with Gasteiger partial charge in [-0.2, -0.15) is 0 Å². The summed E-state index contributed by atoms with van der Waals surface area (Å²) in [5.74, 6) is -1.20. The highest BCUT2D eigenvalue weighted by Crippen LogP contribution is 2.37. The molecule has 1 aromatic heterocycles. The van der Waals surface area contributed by atoms with Crippen LogP contribution < -0.4 is 16.0 Å². The Balaban J connectivity index is 1.59. The van der Waals surface area contributed by atoms with Crippen LogP contribution in [0.25, 0.3) is 21.3 Å². The van der Waals surface area contributed by atoms with Crippen molar-refractivity contribution in [2.24, 2.45) is 0 Å². The summed E-state index contributed by atoms with van der Waals surface area (Å²) in [6, 6.07) is 10.6. The number of hydrogen-bond acceptors (Lipinski definition) is 8. The molecule has 0 aliphatic heterocycles. The van der Waals surface area contributed by atoms with E-state index in [1.54, 1.807) is 36.4 Å². The molecular weight excluding hydrogens is 528 g/mol. The normalized spacial score (nSPS) is 14.2. The van der Waals surface area contributed by atoms with Gasteiger partial charge in [0.25, 0.3) is 0 Å². The number of sulfone groups is 1. The number of halogens is 1. The smallest absolute Gasteiger partial charge is 0.411 e. The van der Waals surface area contributed by atoms with E-state index in [2.05, 4.69) is 25.7 Å². The molecule has 0 spiro atoms. The summed E-state index contributed by atoms with van der Waals surface area (Å²) >= 11 is 7.51. The van der Waals surface area contributed by atoms with E-state index in [9.17, 15) is 22.8 Å². The van der Waals surface area contributed by atoms with Gasteiger partial charge in [-0.1, -0.05) is 23.7 Å². The highest BCUT2D eigenvalue weighted by Gasteiger charge is 2.34. The Bertz CT molecular complexity index is 1430. The number of aromatic nitrogens is 1. The molecule has 1 atom stereocenters. The largest absolute Gasteiger partial charge is 0.453 e. The van der Waals surface area contributed by atoms with Crippen LogP contribution in [-0.2, 0) is 24.2 Å². The minimum atomic E-state index is -3.90. The molecule has 1 heterocycles. The summed E-state index contributed by atoms with van der Waals surface area (Å²) in [4.78, 5) is 40.5. The SMILES string of the molecule is COC(=O)Nc1ccc(-c2cc(Cl)c3nc(C(C(=O)NCC(=O)NC4CC4)S(C)(=O)=O)sc3c2)cc1. The van der Waals surface area contributed by atoms with E-state index < -0.39 is 27.1 Å². The number of amides is 3. The third-order valence-electron chi connectivity index (χ3n) is 5.37. The summed E-state index contributed by atoms with van der Waals surface area (Å²) in [5, 5.41) is 6.48. The van der Waals surface area contributed by atoms with Gasteiger partial charge < -0.3 is 15.4 Å². The van der Waals surface area contributed by atoms with Gasteiger partial charge in [-0.3, -0.25) is 14.9 Å². The van der Waals surface area contributed by atoms with E-state index >= 15 is 0 Å². The number of fused-ring (bicyclic) bond motifs is 1. The predicted molar refractivity (Wildman–Crippen MR) is 138 cm³/mol. The molecule has 1 aliphatic carbocycles. The second kappa shape index (κ2) is 10.4. The van der Waals surface area contributed by atoms with Crippen LogP contribution in [0.5, 0.6) is 0 Å². The molecule has 0 bridgehead atoms. The number of methoxy groups -OCH3 is 1. The quantitative estimate of drug-likeness (QED) is 0.390. The van der Waals surface area contributed by atoms with E-state index in [1.807, 2.05) is 0 Å². The van der Waals surface area contributed by atoms with Crippen molar-refractivity contribution in [2.45, 2.75) is 24.1 Å². The lowest BCUT2D eigenvalue weighted by molar-refractivity contribution is -0.126. The first-order valence-electron chi connectivity index (χ1n) is 10.9. The zero-order valence-corrected chi connectivity index (χ0v) is 21.7. The minimum Gasteiger partial charge on any atom is -0.453 e. The number of anilines is 1. The van der Waals surface area contributed by atoms with Crippen molar-refractivity contribution in [3.63, 3.8) is 0 Å². The predicted octanol–water partition coefficient (Wildman–Crippen LogP) is 3.28. The number of carbonyl (C=O) groups is 3. The standard InChI is InChI=1S/C23H23ClN4O6S2/c1-34-23(31)27-15-5-3-12(4-6-15)13-9-16(24)19-17(10-13)35-22(28-19)20(36(2,32)33)21(30)25-11-18(29)26-14-7-8-14/h3-6,9-10,14,20H,7-8,11H2,1-2H3,(H,25,30)(H,26,29)(H,27,31). The molecule has 1 saturated carbocycles. The third kappa shape index (κ3) is 6.12. The van der Waals surface area contributed by atoms with E-state index in [0.29, 0.717) is 20.9 Å². The maximum Gasteiger partial charge on any atom is 0.411 e. The Morgan fingerprint density at radius 3 is 2.47 bits per heavy atom. The van der Waals surface area contributed by atoms with E-state index in [0.717, 1.165) is 41.6 Å². The summed E-state index contributed by atoms with van der Waals surface area (Å²) in [5.41, 5.74) is 2.45. The topological polar surface area (TPSA) is 144 Å². The van der Waals surface area contributed by atoms with Crippen molar-refractivity contribution in [2.75, 3.05) is 25.2 Å². The van der Waals surface area contributed by atoms with Gasteiger partial charge in [0.15, 0.2) is 15.1 Å². The van der Waals surface area contributed by atoms with Crippen molar-refractivity contribution in [3.8, 4) is 11.1 Å². The molecule has 190 valence electrons. The summed E-state index contributed by atoms with van der Waals surface area (Å²) in [6.07, 6.45) is 2.16. The molecule has 2 aromatic carbocycles. The molecule has 3 amide bonds. The first-order chi connectivity index (χ1) is 17.0. The molecule has 0 saturated heterocycles. The number of hydrogen-bond donors (Lipinski definition) is 3. The molecule has 3 aromatic rings. The number of carbonyl (C=O) groups excluding carboxylic acids is 3. The molecule has 0 radical (unpaired) electrons. The first-order valence-corrected chi connectivity index (χ1v) is 14.0. The van der Waals surface area contributed by atoms with E-state index in [1.165, 1.54) is 7.11 Å². The van der Waals surface area contributed by atoms with E-state index in [4.69, 9.17) is 11.6 Å². The van der Waals surface area contributed by atoms with Crippen LogP contribution in [0.3, 0.4) is 0 Å². The lowest BCUT2D eigenvalue weighted by Crippen LogP contribution is -2.41. The van der Waals surface area contributed by atoms with Gasteiger partial charge in [0.05, 0.1) is 23.4 Å². The second-order valence-electron chi connectivity index (χ2n) is 8.32. The molecule has 1 unspecified atom stereocenters. The van der Waals surface area contributed by atoms with Crippen LogP contribution in [0.15, 0.2) is 36.4 Å². The fraction of sp³-hybridized carbons (Fsp3) is 0.304. The first kappa shape index (κ1) is 25.9. The van der Waals surface area contributed by atoms with Crippen LogP contribution in [0.2, 0.25) is 5.02 Å². The molecule has 3 N–H and O–H groups in total. The van der Waals surface area contributed by atoms with Crippen LogP contribution >= 0.6 is 22.9 Å². The Morgan fingerprint density at radius 1 is 1.17 bits per heavy atom. The van der Waals surface area contributed by atoms with Gasteiger partial charge in [0.1, 0.15) is 10.5 Å². The number of thiazole rings is 1. The molecule has 1 aliphatic rings. The maximum absolute atomic E-state index is 12.8. The van der Waals surface area contributed by atoms with Crippen molar-refractivity contribution < 1.29 is 27.5 Å². The van der Waals surface area contributed by atoms with Crippen molar-refractivity contribution in [1.82, 2.24) is 15.6 Å². The number of nitrogens with zero attached hydrogens (tertiary/aromatic N) is 1. The molecule has 13 heteroatoms. The van der Waals surface area contributed by atoms with Gasteiger partial charge in [0, 0.05) is 18.0 Å². The number of benzene rings is 2. The van der Waals surface area contributed by atoms with Gasteiger partial charge in [0.2, 0.25) is 11.8 Å². The summed E-state index contributed by atoms with van der Waals surface area (Å²) in [7, 11) is -2.63. The molecular formula is C23H23ClN4O6S2. The van der Waals surface area contributed by atoms with Crippen molar-refractivity contribution in [1.29, 1.82) is 0 Å². The van der Waals surface area contributed by atoms with E-state index in [-0.39, 0.29) is 23.5 Å². The lowest BCUT2D eigenvalue weighted by atomic mass is 10.1. The third-order valence-corrected chi connectivity index (χ3v) is 8.17. The Morgan fingerprint density at radius 2 is 1.86 bits per heavy atom. The lowest BCUT2D eigenvalue weighted by Gasteiger charge is -2.12. The highest BCUT2D eigenvalue weighted by molar-refractivity contribution is 7.91. The number of nitrogens with one attached hydrogen (secondary N) is 3. The maximum atomic E-state index is 12.8. The monoisotopic (exact) mass is 550 g/mol. The van der Waals surface area contributed by atoms with Gasteiger partial charge in [-0.15, -0.1) is 11.3 Å². The average Bonchev–Trinajstić information content (AvgIpc) is 3.53. The van der Waals surface area contributed by atoms with Crippen LogP contribution in [0.4, 0.5) is 10.5 Å². The zero-order valence-electron chi connectivity index (χ0n) is 19.3. The minimum absolute atomic E-state index is 0.0595. The summed E-state index contributed by atoms with van der Waals surface area (Å²) in [6.45, 7) is -0.321. The second-order valence-corrected chi connectivity index (χ2v) is 11.9. The van der Waals surface area contributed by atoms with Crippen LogP contribution in [0, 0.1) is 0 Å². The van der Waals surface area contributed by atoms with Gasteiger partial charge >= 0.3 is 6.09 Å². The fourth-order valence-corrected chi connectivity index (χ4v) is 6.35. The van der Waals surface area contributed by atoms with Gasteiger partial charge in [-0.25, -0.2) is 18.2 Å². The zero-order chi connectivity index (χ0) is 26.0. The van der Waals surface area contributed by atoms with Gasteiger partial charge in [-0.05, 0) is 48.2 Å². The Kier molecular flexibility index (Phi) is 7.48. The molecule has 10 nitrogen and oxygen atoms in total. The molecule has 36 heavy (non-hydrogen) atoms. The van der Waals surface area contributed by atoms with Crippen molar-refractivity contribution in [3.05, 3.63) is 46.4 Å². The molecule has 1 fully saturated rings. The Hall–Kier alpha value is -3.22. The van der Waals surface area contributed by atoms with Crippen LogP contribution in [0.1, 0.15) is 23.1 Å². The van der Waals surface area contributed by atoms with Crippen LogP contribution in [-0.4, -0.2) is 57.3 Å². The average molecular weight is 551 g/mol. The number of rotatable bonds is 8. The van der Waals surface area contributed by atoms with Crippen molar-refractivity contribution >= 4 is 66.6 Å².